The summed E-state index contributed by atoms with van der Waals surface area (Å²) in [5.41, 5.74) is 1.25. The fourth-order valence-corrected chi connectivity index (χ4v) is 2.75. The van der Waals surface area contributed by atoms with E-state index in [9.17, 15) is 9.18 Å². The average Bonchev–Trinajstić information content (AvgIpc) is 3.03. The summed E-state index contributed by atoms with van der Waals surface area (Å²) in [5.74, 6) is 0.0472. The number of carbonyl (C=O) groups excluding carboxylic acids is 1. The first-order chi connectivity index (χ1) is 11.1. The number of hydrogen-bond acceptors (Lipinski definition) is 5. The van der Waals surface area contributed by atoms with Crippen LogP contribution in [0.15, 0.2) is 62.6 Å². The maximum Gasteiger partial charge on any atom is 0.277 e. The summed E-state index contributed by atoms with van der Waals surface area (Å²) >= 11 is 4.51. The van der Waals surface area contributed by atoms with Gasteiger partial charge < -0.3 is 4.42 Å². The third kappa shape index (κ3) is 4.05. The van der Waals surface area contributed by atoms with Crippen LogP contribution >= 0.6 is 27.7 Å². The van der Waals surface area contributed by atoms with Crippen LogP contribution in [0.1, 0.15) is 10.4 Å². The van der Waals surface area contributed by atoms with Gasteiger partial charge in [0.15, 0.2) is 5.78 Å². The standard InChI is InChI=1S/C16H10BrFN2O2S/c17-12-5-1-11(2-6-12)15-19-20-16(22-15)23-9-14(21)10-3-7-13(18)8-4-10/h1-8H,9H2. The Kier molecular flexibility index (Phi) is 4.88. The maximum atomic E-state index is 12.8. The molecule has 0 amide bonds. The van der Waals surface area contributed by atoms with Crippen molar-refractivity contribution in [1.29, 1.82) is 0 Å². The highest BCUT2D eigenvalue weighted by Crippen LogP contribution is 2.25. The van der Waals surface area contributed by atoms with E-state index in [1.54, 1.807) is 0 Å². The van der Waals surface area contributed by atoms with Crippen molar-refractivity contribution < 1.29 is 13.6 Å². The SMILES string of the molecule is O=C(CSc1nnc(-c2ccc(Br)cc2)o1)c1ccc(F)cc1. The fraction of sp³-hybridized carbons (Fsp3) is 0.0625. The third-order valence-corrected chi connectivity index (χ3v) is 4.34. The highest BCUT2D eigenvalue weighted by Gasteiger charge is 2.12. The monoisotopic (exact) mass is 392 g/mol. The Morgan fingerprint density at radius 3 is 2.48 bits per heavy atom. The molecule has 0 spiro atoms. The van der Waals surface area contributed by atoms with Crippen LogP contribution in [0, 0.1) is 5.82 Å². The van der Waals surface area contributed by atoms with Gasteiger partial charge in [-0.15, -0.1) is 10.2 Å². The van der Waals surface area contributed by atoms with Gasteiger partial charge in [-0.05, 0) is 48.5 Å². The highest BCUT2D eigenvalue weighted by atomic mass is 79.9. The van der Waals surface area contributed by atoms with Gasteiger partial charge in [0.2, 0.25) is 5.89 Å². The van der Waals surface area contributed by atoms with Crippen LogP contribution in [0.2, 0.25) is 0 Å². The van der Waals surface area contributed by atoms with Gasteiger partial charge >= 0.3 is 0 Å². The summed E-state index contributed by atoms with van der Waals surface area (Å²) < 4.78 is 19.3. The minimum atomic E-state index is -0.370. The predicted molar refractivity (Wildman–Crippen MR) is 88.9 cm³/mol. The first-order valence-electron chi connectivity index (χ1n) is 6.63. The summed E-state index contributed by atoms with van der Waals surface area (Å²) in [7, 11) is 0. The van der Waals surface area contributed by atoms with Crippen molar-refractivity contribution in [2.45, 2.75) is 5.22 Å². The van der Waals surface area contributed by atoms with Crippen LogP contribution in [0.25, 0.3) is 11.5 Å². The number of thioether (sulfide) groups is 1. The molecule has 0 saturated heterocycles. The first-order valence-corrected chi connectivity index (χ1v) is 8.41. The third-order valence-electron chi connectivity index (χ3n) is 2.99. The molecule has 116 valence electrons. The molecule has 1 aromatic heterocycles. The molecule has 0 aliphatic heterocycles. The van der Waals surface area contributed by atoms with Gasteiger partial charge in [-0.25, -0.2) is 4.39 Å². The van der Waals surface area contributed by atoms with Crippen molar-refractivity contribution in [3.8, 4) is 11.5 Å². The van der Waals surface area contributed by atoms with E-state index in [1.807, 2.05) is 24.3 Å². The predicted octanol–water partition coefficient (Wildman–Crippen LogP) is 4.61. The number of benzene rings is 2. The van der Waals surface area contributed by atoms with Crippen LogP contribution in [-0.2, 0) is 0 Å². The summed E-state index contributed by atoms with van der Waals surface area (Å²) in [5, 5.41) is 8.20. The van der Waals surface area contributed by atoms with Crippen molar-refractivity contribution in [3.05, 3.63) is 64.4 Å². The second-order valence-corrected chi connectivity index (χ2v) is 6.44. The number of nitrogens with zero attached hydrogens (tertiary/aromatic N) is 2. The topological polar surface area (TPSA) is 56.0 Å². The molecular weight excluding hydrogens is 383 g/mol. The van der Waals surface area contributed by atoms with Crippen molar-refractivity contribution in [1.82, 2.24) is 10.2 Å². The Hall–Kier alpha value is -1.99. The molecule has 0 radical (unpaired) electrons. The zero-order chi connectivity index (χ0) is 16.2. The van der Waals surface area contributed by atoms with Crippen molar-refractivity contribution in [3.63, 3.8) is 0 Å². The van der Waals surface area contributed by atoms with Crippen LogP contribution in [-0.4, -0.2) is 21.7 Å². The molecular formula is C16H10BrFN2O2S. The number of hydrogen-bond donors (Lipinski definition) is 0. The molecule has 0 aliphatic rings. The summed E-state index contributed by atoms with van der Waals surface area (Å²) in [6, 6.07) is 12.9. The van der Waals surface area contributed by atoms with E-state index in [2.05, 4.69) is 26.1 Å². The van der Waals surface area contributed by atoms with E-state index >= 15 is 0 Å². The first kappa shape index (κ1) is 15.9. The number of rotatable bonds is 5. The highest BCUT2D eigenvalue weighted by molar-refractivity contribution is 9.10. The van der Waals surface area contributed by atoms with Gasteiger partial charge in [-0.2, -0.15) is 0 Å². The summed E-state index contributed by atoms with van der Waals surface area (Å²) in [4.78, 5) is 12.0. The lowest BCUT2D eigenvalue weighted by Gasteiger charge is -1.98. The van der Waals surface area contributed by atoms with E-state index in [0.29, 0.717) is 16.7 Å². The molecule has 0 aliphatic carbocycles. The Balaban J connectivity index is 1.64. The molecule has 3 rings (SSSR count). The Morgan fingerprint density at radius 2 is 1.78 bits per heavy atom. The van der Waals surface area contributed by atoms with Crippen LogP contribution < -0.4 is 0 Å². The normalized spacial score (nSPS) is 10.7. The smallest absolute Gasteiger partial charge is 0.277 e. The zero-order valence-electron chi connectivity index (χ0n) is 11.7. The van der Waals surface area contributed by atoms with Gasteiger partial charge in [-0.3, -0.25) is 4.79 Å². The fourth-order valence-electron chi connectivity index (χ4n) is 1.82. The Morgan fingerprint density at radius 1 is 1.09 bits per heavy atom. The van der Waals surface area contributed by atoms with Gasteiger partial charge in [-0.1, -0.05) is 27.7 Å². The molecule has 1 heterocycles. The van der Waals surface area contributed by atoms with Crippen molar-refractivity contribution >= 4 is 33.5 Å². The lowest BCUT2D eigenvalue weighted by Crippen LogP contribution is -2.02. The van der Waals surface area contributed by atoms with E-state index in [0.717, 1.165) is 21.8 Å². The summed E-state index contributed by atoms with van der Waals surface area (Å²) in [6.07, 6.45) is 0. The summed E-state index contributed by atoms with van der Waals surface area (Å²) in [6.45, 7) is 0. The van der Waals surface area contributed by atoms with E-state index in [1.165, 1.54) is 24.3 Å². The van der Waals surface area contributed by atoms with Gasteiger partial charge in [0.25, 0.3) is 5.22 Å². The minimum Gasteiger partial charge on any atom is -0.411 e. The molecule has 0 N–H and O–H groups in total. The molecule has 3 aromatic rings. The van der Waals surface area contributed by atoms with Gasteiger partial charge in [0.05, 0.1) is 5.75 Å². The number of carbonyl (C=O) groups is 1. The number of halogens is 2. The van der Waals surface area contributed by atoms with Gasteiger partial charge in [0.1, 0.15) is 5.82 Å². The van der Waals surface area contributed by atoms with Crippen molar-refractivity contribution in [2.75, 3.05) is 5.75 Å². The molecule has 0 atom stereocenters. The largest absolute Gasteiger partial charge is 0.411 e. The molecule has 0 bridgehead atoms. The second kappa shape index (κ2) is 7.06. The van der Waals surface area contributed by atoms with Gasteiger partial charge in [0, 0.05) is 15.6 Å². The molecule has 7 heteroatoms. The number of aromatic nitrogens is 2. The molecule has 0 fully saturated rings. The molecule has 0 unspecified atom stereocenters. The van der Waals surface area contributed by atoms with E-state index in [4.69, 9.17) is 4.42 Å². The molecule has 2 aromatic carbocycles. The quantitative estimate of drug-likeness (QED) is 0.468. The van der Waals surface area contributed by atoms with Crippen molar-refractivity contribution in [2.24, 2.45) is 0 Å². The lowest BCUT2D eigenvalue weighted by atomic mass is 10.1. The van der Waals surface area contributed by atoms with E-state index < -0.39 is 0 Å². The number of ketones is 1. The Bertz CT molecular complexity index is 819. The van der Waals surface area contributed by atoms with E-state index in [-0.39, 0.29) is 17.4 Å². The van der Waals surface area contributed by atoms with Crippen LogP contribution in [0.4, 0.5) is 4.39 Å². The minimum absolute atomic E-state index is 0.126. The van der Waals surface area contributed by atoms with Crippen LogP contribution in [0.3, 0.4) is 0 Å². The average molecular weight is 393 g/mol. The Labute approximate surface area is 144 Å². The molecule has 0 saturated carbocycles. The van der Waals surface area contributed by atoms with Crippen LogP contribution in [0.5, 0.6) is 0 Å². The molecule has 23 heavy (non-hydrogen) atoms. The lowest BCUT2D eigenvalue weighted by molar-refractivity contribution is 0.102. The maximum absolute atomic E-state index is 12.8. The second-order valence-electron chi connectivity index (χ2n) is 4.60. The molecule has 4 nitrogen and oxygen atoms in total. The number of Topliss-reactive ketones (excluding diaryl/α,β-unsaturated/α-hetero) is 1. The zero-order valence-corrected chi connectivity index (χ0v) is 14.1.